The Hall–Kier alpha value is -3.16. The lowest BCUT2D eigenvalue weighted by molar-refractivity contribution is -0.123. The Kier molecular flexibility index (Phi) is 6.65. The molecule has 7 nitrogen and oxygen atoms in total. The zero-order chi connectivity index (χ0) is 23.5. The number of halogens is 1. The molecule has 1 saturated heterocycles. The zero-order valence-corrected chi connectivity index (χ0v) is 19.7. The lowest BCUT2D eigenvalue weighted by atomic mass is 9.88. The minimum absolute atomic E-state index is 0.0558. The maximum atomic E-state index is 12.8. The van der Waals surface area contributed by atoms with Crippen molar-refractivity contribution in [1.29, 1.82) is 0 Å². The summed E-state index contributed by atoms with van der Waals surface area (Å²) in [4.78, 5) is 29.8. The van der Waals surface area contributed by atoms with Gasteiger partial charge >= 0.3 is 0 Å². The van der Waals surface area contributed by atoms with Crippen LogP contribution < -0.4 is 15.8 Å². The number of hydrogen-bond acceptors (Lipinski definition) is 5. The fraction of sp³-hybridized carbons (Fsp3) is 0.346. The Labute approximate surface area is 203 Å². The number of anilines is 1. The van der Waals surface area contributed by atoms with E-state index >= 15 is 0 Å². The van der Waals surface area contributed by atoms with Crippen molar-refractivity contribution >= 4 is 23.2 Å². The summed E-state index contributed by atoms with van der Waals surface area (Å²) in [5.74, 6) is 0.0558. The third-order valence-corrected chi connectivity index (χ3v) is 7.04. The van der Waals surface area contributed by atoms with Crippen LogP contribution in [0.1, 0.15) is 30.0 Å². The number of rotatable bonds is 5. The van der Waals surface area contributed by atoms with Crippen LogP contribution in [-0.2, 0) is 11.2 Å². The lowest BCUT2D eigenvalue weighted by Gasteiger charge is -2.36. The molecular formula is C26H28ClN5O2. The first-order chi connectivity index (χ1) is 16.6. The molecule has 1 atom stereocenters. The van der Waals surface area contributed by atoms with Crippen molar-refractivity contribution < 1.29 is 4.79 Å². The number of aromatic nitrogens is 2. The van der Waals surface area contributed by atoms with Crippen LogP contribution in [0.15, 0.2) is 65.6 Å². The molecule has 0 saturated carbocycles. The van der Waals surface area contributed by atoms with Crippen LogP contribution in [0, 0.1) is 0 Å². The summed E-state index contributed by atoms with van der Waals surface area (Å²) >= 11 is 6.46. The molecule has 0 bridgehead atoms. The summed E-state index contributed by atoms with van der Waals surface area (Å²) in [7, 11) is 0. The highest BCUT2D eigenvalue weighted by Crippen LogP contribution is 2.29. The number of carbonyl (C=O) groups excluding carboxylic acids is 1. The van der Waals surface area contributed by atoms with Gasteiger partial charge in [-0.3, -0.25) is 14.5 Å². The Bertz CT molecular complexity index is 1220. The second-order valence-electron chi connectivity index (χ2n) is 8.87. The number of hydrogen-bond donors (Lipinski definition) is 1. The second-order valence-corrected chi connectivity index (χ2v) is 9.25. The smallest absolute Gasteiger partial charge is 0.292 e. The van der Waals surface area contributed by atoms with Gasteiger partial charge in [-0.25, -0.2) is 0 Å². The minimum atomic E-state index is -0.333. The fourth-order valence-corrected chi connectivity index (χ4v) is 5.14. The molecule has 0 radical (unpaired) electrons. The number of nitrogens with zero attached hydrogens (tertiary/aromatic N) is 4. The number of benzene rings is 2. The van der Waals surface area contributed by atoms with Gasteiger partial charge in [0.1, 0.15) is 5.02 Å². The molecule has 1 fully saturated rings. The average molecular weight is 478 g/mol. The Morgan fingerprint density at radius 2 is 1.76 bits per heavy atom. The predicted molar refractivity (Wildman–Crippen MR) is 134 cm³/mol. The van der Waals surface area contributed by atoms with Gasteiger partial charge in [0.2, 0.25) is 5.91 Å². The first kappa shape index (κ1) is 22.6. The predicted octanol–water partition coefficient (Wildman–Crippen LogP) is 3.20. The number of aryl methyl sites for hydroxylation is 1. The number of piperazine rings is 1. The standard InChI is InChI=1S/C26H28ClN5O2/c27-25-23(17-28-32(26(25)34)20-9-2-1-3-10-20)31-15-13-30(14-16-31)18-24(33)29-22-12-6-8-19-7-4-5-11-21(19)22/h1-5,7,9-11,17,22H,6,8,12-16,18H2,(H,29,33). The van der Waals surface area contributed by atoms with Gasteiger partial charge in [-0.15, -0.1) is 0 Å². The van der Waals surface area contributed by atoms with E-state index in [1.807, 2.05) is 36.4 Å². The van der Waals surface area contributed by atoms with Gasteiger partial charge in [0.15, 0.2) is 0 Å². The molecule has 2 aliphatic rings. The van der Waals surface area contributed by atoms with Crippen molar-refractivity contribution in [2.24, 2.45) is 0 Å². The van der Waals surface area contributed by atoms with Crippen molar-refractivity contribution in [2.45, 2.75) is 25.3 Å². The van der Waals surface area contributed by atoms with Crippen molar-refractivity contribution in [3.05, 3.63) is 87.3 Å². The summed E-state index contributed by atoms with van der Waals surface area (Å²) in [6.07, 6.45) is 4.81. The van der Waals surface area contributed by atoms with E-state index in [1.165, 1.54) is 15.8 Å². The maximum absolute atomic E-state index is 12.8. The van der Waals surface area contributed by atoms with Crippen LogP contribution in [0.4, 0.5) is 5.69 Å². The van der Waals surface area contributed by atoms with E-state index in [0.29, 0.717) is 44.1 Å². The van der Waals surface area contributed by atoms with Gasteiger partial charge < -0.3 is 10.2 Å². The summed E-state index contributed by atoms with van der Waals surface area (Å²) in [6, 6.07) is 17.7. The third-order valence-electron chi connectivity index (χ3n) is 6.69. The monoisotopic (exact) mass is 477 g/mol. The van der Waals surface area contributed by atoms with E-state index in [0.717, 1.165) is 19.3 Å². The number of carbonyl (C=O) groups is 1. The van der Waals surface area contributed by atoms with Gasteiger partial charge in [-0.1, -0.05) is 54.1 Å². The SMILES string of the molecule is O=C(CN1CCN(c2cnn(-c3ccccc3)c(=O)c2Cl)CC1)NC1CCCc2ccccc21. The van der Waals surface area contributed by atoms with Gasteiger partial charge in [0.25, 0.3) is 5.56 Å². The van der Waals surface area contributed by atoms with Crippen molar-refractivity contribution in [1.82, 2.24) is 20.0 Å². The van der Waals surface area contributed by atoms with E-state index in [1.54, 1.807) is 6.20 Å². The van der Waals surface area contributed by atoms with E-state index in [2.05, 4.69) is 38.4 Å². The number of amides is 1. The molecule has 1 aliphatic heterocycles. The molecule has 1 unspecified atom stereocenters. The van der Waals surface area contributed by atoms with E-state index in [9.17, 15) is 9.59 Å². The van der Waals surface area contributed by atoms with Gasteiger partial charge in [0, 0.05) is 26.2 Å². The highest BCUT2D eigenvalue weighted by Gasteiger charge is 2.25. The summed E-state index contributed by atoms with van der Waals surface area (Å²) in [5.41, 5.74) is 3.57. The number of para-hydroxylation sites is 1. The fourth-order valence-electron chi connectivity index (χ4n) is 4.89. The van der Waals surface area contributed by atoms with Crippen molar-refractivity contribution in [2.75, 3.05) is 37.6 Å². The molecule has 1 amide bonds. The number of nitrogens with one attached hydrogen (secondary N) is 1. The highest BCUT2D eigenvalue weighted by atomic mass is 35.5. The Morgan fingerprint density at radius 3 is 2.56 bits per heavy atom. The first-order valence-corrected chi connectivity index (χ1v) is 12.2. The van der Waals surface area contributed by atoms with Crippen LogP contribution >= 0.6 is 11.6 Å². The van der Waals surface area contributed by atoms with Crippen molar-refractivity contribution in [3.8, 4) is 5.69 Å². The maximum Gasteiger partial charge on any atom is 0.292 e. The molecule has 1 aromatic heterocycles. The molecule has 2 heterocycles. The Balaban J connectivity index is 1.18. The molecular weight excluding hydrogens is 450 g/mol. The summed E-state index contributed by atoms with van der Waals surface area (Å²) in [6.45, 7) is 3.15. The highest BCUT2D eigenvalue weighted by molar-refractivity contribution is 6.33. The Morgan fingerprint density at radius 1 is 1.03 bits per heavy atom. The summed E-state index contributed by atoms with van der Waals surface area (Å²) in [5, 5.41) is 7.74. The normalized spacial score (nSPS) is 18.4. The van der Waals surface area contributed by atoms with E-state index < -0.39 is 0 Å². The minimum Gasteiger partial charge on any atom is -0.366 e. The molecule has 1 N–H and O–H groups in total. The van der Waals surface area contributed by atoms with E-state index in [-0.39, 0.29) is 22.5 Å². The third kappa shape index (κ3) is 4.72. The van der Waals surface area contributed by atoms with Gasteiger partial charge in [-0.05, 0) is 42.5 Å². The lowest BCUT2D eigenvalue weighted by Crippen LogP contribution is -2.50. The van der Waals surface area contributed by atoms with Crippen LogP contribution in [0.3, 0.4) is 0 Å². The van der Waals surface area contributed by atoms with Crippen molar-refractivity contribution in [3.63, 3.8) is 0 Å². The van der Waals surface area contributed by atoms with Crippen LogP contribution in [0.5, 0.6) is 0 Å². The molecule has 34 heavy (non-hydrogen) atoms. The first-order valence-electron chi connectivity index (χ1n) is 11.8. The molecule has 3 aromatic rings. The molecule has 1 aliphatic carbocycles. The topological polar surface area (TPSA) is 70.5 Å². The average Bonchev–Trinajstić information content (AvgIpc) is 2.87. The summed E-state index contributed by atoms with van der Waals surface area (Å²) < 4.78 is 1.32. The van der Waals surface area contributed by atoms with E-state index in [4.69, 9.17) is 11.6 Å². The number of fused-ring (bicyclic) bond motifs is 1. The zero-order valence-electron chi connectivity index (χ0n) is 19.0. The molecule has 8 heteroatoms. The van der Waals surface area contributed by atoms with Crippen LogP contribution in [0.2, 0.25) is 5.02 Å². The van der Waals surface area contributed by atoms with Crippen LogP contribution in [-0.4, -0.2) is 53.3 Å². The second kappa shape index (κ2) is 9.99. The van der Waals surface area contributed by atoms with Gasteiger partial charge in [-0.2, -0.15) is 9.78 Å². The molecule has 2 aromatic carbocycles. The van der Waals surface area contributed by atoms with Gasteiger partial charge in [0.05, 0.1) is 30.2 Å². The quantitative estimate of drug-likeness (QED) is 0.611. The largest absolute Gasteiger partial charge is 0.366 e. The molecule has 176 valence electrons. The molecule has 0 spiro atoms. The van der Waals surface area contributed by atoms with Crippen LogP contribution in [0.25, 0.3) is 5.69 Å². The molecule has 5 rings (SSSR count).